The molecule has 19 heavy (non-hydrogen) atoms. The van der Waals surface area contributed by atoms with Crippen LogP contribution in [0.25, 0.3) is 0 Å². The summed E-state index contributed by atoms with van der Waals surface area (Å²) in [5.74, 6) is -2.72. The highest BCUT2D eigenvalue weighted by molar-refractivity contribution is 9.10. The maximum atomic E-state index is 12.1. The van der Waals surface area contributed by atoms with Crippen molar-refractivity contribution in [3.8, 4) is 5.75 Å². The number of rotatable bonds is 3. The first-order chi connectivity index (χ1) is 8.43. The lowest BCUT2D eigenvalue weighted by molar-refractivity contribution is -0.393. The first kappa shape index (κ1) is 15.9. The molecule has 0 aliphatic carbocycles. The van der Waals surface area contributed by atoms with E-state index in [1.54, 1.807) is 0 Å². The smallest absolute Gasteiger partial charge is 0.395 e. The molecule has 0 amide bonds. The molecule has 106 valence electrons. The third kappa shape index (κ3) is 3.91. The molecule has 0 bridgehead atoms. The van der Waals surface area contributed by atoms with Crippen LogP contribution in [-0.2, 0) is 9.05 Å². The first-order valence-corrected chi connectivity index (χ1v) is 7.07. The third-order valence-electron chi connectivity index (χ3n) is 1.58. The molecule has 0 saturated heterocycles. The van der Waals surface area contributed by atoms with Crippen LogP contribution in [0.2, 0.25) is 0 Å². The topological polar surface area (TPSA) is 99.4 Å². The van der Waals surface area contributed by atoms with Crippen LogP contribution in [0.1, 0.15) is 0 Å². The Morgan fingerprint density at radius 3 is 2.37 bits per heavy atom. The second-order valence-corrected chi connectivity index (χ2v) is 6.16. The minimum Gasteiger partial charge on any atom is -0.395 e. The van der Waals surface area contributed by atoms with Crippen molar-refractivity contribution in [3.63, 3.8) is 0 Å². The van der Waals surface area contributed by atoms with Gasteiger partial charge in [0.15, 0.2) is 6.20 Å². The summed E-state index contributed by atoms with van der Waals surface area (Å²) < 4.78 is 61.0. The predicted octanol–water partition coefficient (Wildman–Crippen LogP) is 2.58. The van der Waals surface area contributed by atoms with Crippen molar-refractivity contribution in [2.45, 2.75) is 11.3 Å². The van der Waals surface area contributed by atoms with Gasteiger partial charge >= 0.3 is 12.2 Å². The summed E-state index contributed by atoms with van der Waals surface area (Å²) in [4.78, 5) is 11.3. The summed E-state index contributed by atoms with van der Waals surface area (Å²) in [5, 5.41) is 10.5. The lowest BCUT2D eigenvalue weighted by Gasteiger charge is -2.11. The van der Waals surface area contributed by atoms with E-state index in [0.29, 0.717) is 6.20 Å². The number of hydrogen-bond donors (Lipinski definition) is 0. The van der Waals surface area contributed by atoms with Crippen molar-refractivity contribution in [2.75, 3.05) is 0 Å². The van der Waals surface area contributed by atoms with Gasteiger partial charge in [-0.3, -0.25) is 0 Å². The molecule has 0 N–H and O–H groups in total. The van der Waals surface area contributed by atoms with Crippen LogP contribution in [0.4, 0.5) is 19.0 Å². The number of nitrogens with zero attached hydrogens (tertiary/aromatic N) is 2. The number of nitro groups is 1. The normalized spacial score (nSPS) is 12.3. The van der Waals surface area contributed by atoms with Crippen LogP contribution >= 0.6 is 26.6 Å². The van der Waals surface area contributed by atoms with E-state index in [-0.39, 0.29) is 0 Å². The van der Waals surface area contributed by atoms with Crippen molar-refractivity contribution in [2.24, 2.45) is 0 Å². The van der Waals surface area contributed by atoms with Crippen molar-refractivity contribution in [3.05, 3.63) is 20.8 Å². The average Bonchev–Trinajstić information content (AvgIpc) is 2.16. The van der Waals surface area contributed by atoms with Crippen molar-refractivity contribution >= 4 is 41.5 Å². The van der Waals surface area contributed by atoms with E-state index in [9.17, 15) is 31.7 Å². The molecular formula is C6HBrClF3N2O5S. The molecule has 7 nitrogen and oxygen atoms in total. The molecule has 0 fully saturated rings. The van der Waals surface area contributed by atoms with Gasteiger partial charge in [-0.2, -0.15) is 0 Å². The minimum atomic E-state index is -5.27. The standard InChI is InChI=1S/C6HBrClF3N2O5S/c7-3-2(19(8,16)17)1-12-5(13(14)15)4(3)18-6(9,10)11/h1H. The van der Waals surface area contributed by atoms with E-state index in [0.717, 1.165) is 0 Å². The maximum Gasteiger partial charge on any atom is 0.573 e. The summed E-state index contributed by atoms with van der Waals surface area (Å²) in [6, 6.07) is 0. The summed E-state index contributed by atoms with van der Waals surface area (Å²) in [7, 11) is 0.473. The fraction of sp³-hybridized carbons (Fsp3) is 0.167. The quantitative estimate of drug-likeness (QED) is 0.450. The minimum absolute atomic E-state index is 0.438. The summed E-state index contributed by atoms with van der Waals surface area (Å²) >= 11 is 2.46. The SMILES string of the molecule is O=[N+]([O-])c1ncc(S(=O)(=O)Cl)c(Br)c1OC(F)(F)F. The number of pyridine rings is 1. The highest BCUT2D eigenvalue weighted by Crippen LogP contribution is 2.41. The van der Waals surface area contributed by atoms with Gasteiger partial charge in [0.25, 0.3) is 9.05 Å². The zero-order valence-electron chi connectivity index (χ0n) is 8.31. The van der Waals surface area contributed by atoms with E-state index in [4.69, 9.17) is 10.7 Å². The molecule has 0 atom stereocenters. The van der Waals surface area contributed by atoms with Gasteiger partial charge in [-0.05, 0) is 25.8 Å². The number of hydrogen-bond acceptors (Lipinski definition) is 6. The third-order valence-corrected chi connectivity index (χ3v) is 3.96. The molecule has 1 rings (SSSR count). The Balaban J connectivity index is 3.58. The van der Waals surface area contributed by atoms with Crippen molar-refractivity contribution in [1.82, 2.24) is 4.98 Å². The summed E-state index contributed by atoms with van der Waals surface area (Å²) in [6.07, 6.45) is -4.84. The number of aromatic nitrogens is 1. The molecule has 0 aromatic carbocycles. The Hall–Kier alpha value is -1.14. The monoisotopic (exact) mass is 384 g/mol. The second-order valence-electron chi connectivity index (χ2n) is 2.83. The number of ether oxygens (including phenoxy) is 1. The Labute approximate surface area is 116 Å². The Kier molecular flexibility index (Phi) is 4.27. The highest BCUT2D eigenvalue weighted by Gasteiger charge is 2.38. The van der Waals surface area contributed by atoms with Gasteiger partial charge in [0.2, 0.25) is 5.75 Å². The van der Waals surface area contributed by atoms with E-state index < -0.39 is 41.3 Å². The van der Waals surface area contributed by atoms with Crippen LogP contribution in [-0.4, -0.2) is 24.7 Å². The van der Waals surface area contributed by atoms with Gasteiger partial charge in [-0.1, -0.05) is 0 Å². The molecule has 1 aromatic heterocycles. The first-order valence-electron chi connectivity index (χ1n) is 3.97. The molecule has 0 saturated carbocycles. The molecule has 0 aliphatic heterocycles. The molecule has 13 heteroatoms. The van der Waals surface area contributed by atoms with Gasteiger partial charge in [-0.15, -0.1) is 13.2 Å². The van der Waals surface area contributed by atoms with Gasteiger partial charge in [0, 0.05) is 10.7 Å². The lowest BCUT2D eigenvalue weighted by atomic mass is 10.4. The molecule has 0 unspecified atom stereocenters. The van der Waals surface area contributed by atoms with Gasteiger partial charge < -0.3 is 14.9 Å². The predicted molar refractivity (Wildman–Crippen MR) is 58.3 cm³/mol. The fourth-order valence-corrected chi connectivity index (χ4v) is 3.07. The van der Waals surface area contributed by atoms with Crippen molar-refractivity contribution in [1.29, 1.82) is 0 Å². The van der Waals surface area contributed by atoms with Crippen LogP contribution < -0.4 is 4.74 Å². The molecule has 1 heterocycles. The zero-order chi connectivity index (χ0) is 15.0. The molecule has 1 aromatic rings. The van der Waals surface area contributed by atoms with Crippen LogP contribution in [0.5, 0.6) is 5.75 Å². The zero-order valence-corrected chi connectivity index (χ0v) is 11.5. The van der Waals surface area contributed by atoms with Crippen LogP contribution in [0.3, 0.4) is 0 Å². The van der Waals surface area contributed by atoms with Gasteiger partial charge in [0.05, 0.1) is 4.47 Å². The van der Waals surface area contributed by atoms with Gasteiger partial charge in [-0.25, -0.2) is 8.42 Å². The Morgan fingerprint density at radius 1 is 1.47 bits per heavy atom. The molecule has 0 aliphatic rings. The lowest BCUT2D eigenvalue weighted by Crippen LogP contribution is -2.19. The highest BCUT2D eigenvalue weighted by atomic mass is 79.9. The second kappa shape index (κ2) is 5.09. The summed E-state index contributed by atoms with van der Waals surface area (Å²) in [6.45, 7) is 0. The largest absolute Gasteiger partial charge is 0.573 e. The van der Waals surface area contributed by atoms with E-state index in [1.165, 1.54) is 0 Å². The van der Waals surface area contributed by atoms with E-state index in [1.807, 2.05) is 0 Å². The number of halogens is 5. The van der Waals surface area contributed by atoms with Crippen LogP contribution in [0, 0.1) is 10.1 Å². The van der Waals surface area contributed by atoms with Crippen LogP contribution in [0.15, 0.2) is 15.6 Å². The number of alkyl halides is 3. The maximum absolute atomic E-state index is 12.1. The van der Waals surface area contributed by atoms with Crippen molar-refractivity contribution < 1.29 is 31.2 Å². The molecule has 0 spiro atoms. The van der Waals surface area contributed by atoms with E-state index in [2.05, 4.69) is 25.7 Å². The van der Waals surface area contributed by atoms with E-state index >= 15 is 0 Å². The average molecular weight is 386 g/mol. The summed E-state index contributed by atoms with van der Waals surface area (Å²) in [5.41, 5.74) is 0. The fourth-order valence-electron chi connectivity index (χ4n) is 0.951. The Morgan fingerprint density at radius 2 is 2.00 bits per heavy atom. The molecule has 0 radical (unpaired) electrons. The van der Waals surface area contributed by atoms with Gasteiger partial charge in [0.1, 0.15) is 4.90 Å². The Bertz CT molecular complexity index is 634. The molecular weight excluding hydrogens is 384 g/mol.